The van der Waals surface area contributed by atoms with Crippen molar-refractivity contribution in [3.05, 3.63) is 0 Å². The van der Waals surface area contributed by atoms with E-state index in [9.17, 15) is 4.79 Å². The lowest BCUT2D eigenvalue weighted by molar-refractivity contribution is -0.142. The van der Waals surface area contributed by atoms with Crippen LogP contribution in [0.15, 0.2) is 0 Å². The predicted molar refractivity (Wildman–Crippen MR) is 51.8 cm³/mol. The van der Waals surface area contributed by atoms with Gasteiger partial charge in [0.2, 0.25) is 0 Å². The van der Waals surface area contributed by atoms with Gasteiger partial charge in [-0.3, -0.25) is 4.79 Å². The van der Waals surface area contributed by atoms with Crippen LogP contribution in [0.2, 0.25) is 6.32 Å². The number of hydrogen-bond acceptors (Lipinski definition) is 4. The number of carboxylic acid groups (broad SMARTS) is 1. The number of carbonyl (C=O) groups is 1. The quantitative estimate of drug-likeness (QED) is 0.441. The normalized spacial score (nSPS) is 26.4. The summed E-state index contributed by atoms with van der Waals surface area (Å²) >= 11 is 0. The summed E-state index contributed by atoms with van der Waals surface area (Å²) in [6.45, 7) is 0.739. The highest BCUT2D eigenvalue weighted by Crippen LogP contribution is 2.20. The summed E-state index contributed by atoms with van der Waals surface area (Å²) < 4.78 is 0. The first-order valence-electron chi connectivity index (χ1n) is 4.93. The summed E-state index contributed by atoms with van der Waals surface area (Å²) in [5.74, 6) is -1.07. The molecule has 0 spiro atoms. The molecule has 14 heavy (non-hydrogen) atoms. The van der Waals surface area contributed by atoms with Gasteiger partial charge in [0.25, 0.3) is 0 Å². The first-order valence-corrected chi connectivity index (χ1v) is 4.93. The fourth-order valence-electron chi connectivity index (χ4n) is 1.89. The Hall–Kier alpha value is -0.585. The maximum atomic E-state index is 10.8. The van der Waals surface area contributed by atoms with Crippen LogP contribution in [0.25, 0.3) is 0 Å². The highest BCUT2D eigenvalue weighted by atomic mass is 16.4. The van der Waals surface area contributed by atoms with Crippen LogP contribution in [-0.2, 0) is 4.79 Å². The smallest absolute Gasteiger partial charge is 0.451 e. The summed E-state index contributed by atoms with van der Waals surface area (Å²) in [6, 6.07) is -0.00810. The lowest BCUT2D eigenvalue weighted by Gasteiger charge is -2.15. The van der Waals surface area contributed by atoms with Gasteiger partial charge in [-0.15, -0.1) is 0 Å². The van der Waals surface area contributed by atoms with E-state index in [1.807, 2.05) is 0 Å². The van der Waals surface area contributed by atoms with E-state index in [4.69, 9.17) is 15.2 Å². The van der Waals surface area contributed by atoms with Gasteiger partial charge < -0.3 is 20.5 Å². The number of carboxylic acids is 1. The maximum Gasteiger partial charge on any atom is 0.451 e. The van der Waals surface area contributed by atoms with Crippen molar-refractivity contribution in [1.29, 1.82) is 0 Å². The zero-order chi connectivity index (χ0) is 10.6. The Morgan fingerprint density at radius 1 is 1.50 bits per heavy atom. The van der Waals surface area contributed by atoms with Crippen LogP contribution in [0, 0.1) is 5.92 Å². The van der Waals surface area contributed by atoms with E-state index in [1.165, 1.54) is 0 Å². The number of rotatable bonds is 5. The van der Waals surface area contributed by atoms with Crippen LogP contribution in [0.3, 0.4) is 0 Å². The zero-order valence-corrected chi connectivity index (χ0v) is 8.02. The summed E-state index contributed by atoms with van der Waals surface area (Å²) in [5.41, 5.74) is 0. The summed E-state index contributed by atoms with van der Waals surface area (Å²) in [4.78, 5) is 10.8. The van der Waals surface area contributed by atoms with Crippen molar-refractivity contribution in [3.8, 4) is 0 Å². The molecular weight excluding hydrogens is 185 g/mol. The molecule has 2 unspecified atom stereocenters. The third kappa shape index (κ3) is 3.28. The Morgan fingerprint density at radius 3 is 2.79 bits per heavy atom. The van der Waals surface area contributed by atoms with Crippen molar-refractivity contribution >= 4 is 13.1 Å². The molecule has 0 amide bonds. The Balaban J connectivity index is 2.26. The minimum atomic E-state index is -1.28. The van der Waals surface area contributed by atoms with Gasteiger partial charge >= 0.3 is 13.1 Å². The predicted octanol–water partition coefficient (Wildman–Crippen LogP) is -0.698. The SMILES string of the molecule is O=C(O)C1CCNC1CCCB(O)O. The molecule has 80 valence electrons. The third-order valence-corrected chi connectivity index (χ3v) is 2.64. The second-order valence-corrected chi connectivity index (χ2v) is 3.71. The van der Waals surface area contributed by atoms with Crippen molar-refractivity contribution in [3.63, 3.8) is 0 Å². The van der Waals surface area contributed by atoms with Crippen molar-refractivity contribution in [2.75, 3.05) is 6.54 Å². The average molecular weight is 201 g/mol. The first-order chi connectivity index (χ1) is 6.61. The summed E-state index contributed by atoms with van der Waals surface area (Å²) in [7, 11) is -1.28. The topological polar surface area (TPSA) is 89.8 Å². The minimum absolute atomic E-state index is 0.00810. The van der Waals surface area contributed by atoms with Crippen LogP contribution in [0.5, 0.6) is 0 Å². The highest BCUT2D eigenvalue weighted by Gasteiger charge is 2.31. The second kappa shape index (κ2) is 5.33. The van der Waals surface area contributed by atoms with E-state index >= 15 is 0 Å². The van der Waals surface area contributed by atoms with Gasteiger partial charge in [0.15, 0.2) is 0 Å². The molecule has 0 aromatic carbocycles. The molecule has 5 nitrogen and oxygen atoms in total. The second-order valence-electron chi connectivity index (χ2n) is 3.71. The lowest BCUT2D eigenvalue weighted by atomic mass is 9.82. The molecule has 1 rings (SSSR count). The van der Waals surface area contributed by atoms with Gasteiger partial charge in [0.05, 0.1) is 5.92 Å². The van der Waals surface area contributed by atoms with E-state index in [2.05, 4.69) is 5.32 Å². The molecule has 0 aromatic heterocycles. The molecule has 2 atom stereocenters. The molecule has 1 saturated heterocycles. The van der Waals surface area contributed by atoms with Gasteiger partial charge in [0.1, 0.15) is 0 Å². The number of nitrogens with one attached hydrogen (secondary N) is 1. The van der Waals surface area contributed by atoms with E-state index in [0.717, 1.165) is 6.54 Å². The fourth-order valence-corrected chi connectivity index (χ4v) is 1.89. The molecule has 1 heterocycles. The van der Waals surface area contributed by atoms with Crippen LogP contribution < -0.4 is 5.32 Å². The summed E-state index contributed by atoms with van der Waals surface area (Å²) in [5, 5.41) is 29.2. The Labute approximate surface area is 83.3 Å². The molecular formula is C8H16BNO4. The molecule has 0 saturated carbocycles. The van der Waals surface area contributed by atoms with E-state index in [1.54, 1.807) is 0 Å². The molecule has 1 aliphatic rings. The van der Waals surface area contributed by atoms with E-state index < -0.39 is 13.1 Å². The van der Waals surface area contributed by atoms with Crippen molar-refractivity contribution < 1.29 is 19.9 Å². The van der Waals surface area contributed by atoms with E-state index in [-0.39, 0.29) is 12.0 Å². The Kier molecular flexibility index (Phi) is 4.38. The lowest BCUT2D eigenvalue weighted by Crippen LogP contribution is -2.31. The molecule has 0 aliphatic carbocycles. The number of aliphatic carboxylic acids is 1. The maximum absolute atomic E-state index is 10.8. The molecule has 4 N–H and O–H groups in total. The molecule has 1 aliphatic heterocycles. The average Bonchev–Trinajstić information content (AvgIpc) is 2.51. The van der Waals surface area contributed by atoms with E-state index in [0.29, 0.717) is 25.6 Å². The van der Waals surface area contributed by atoms with Gasteiger partial charge in [-0.05, 0) is 25.7 Å². The number of hydrogen-bond donors (Lipinski definition) is 4. The van der Waals surface area contributed by atoms with Gasteiger partial charge in [0, 0.05) is 6.04 Å². The highest BCUT2D eigenvalue weighted by molar-refractivity contribution is 6.40. The summed E-state index contributed by atoms with van der Waals surface area (Å²) in [6.07, 6.45) is 2.31. The minimum Gasteiger partial charge on any atom is -0.481 e. The van der Waals surface area contributed by atoms with Crippen LogP contribution in [0.4, 0.5) is 0 Å². The molecule has 1 fully saturated rings. The van der Waals surface area contributed by atoms with Crippen molar-refractivity contribution in [1.82, 2.24) is 5.32 Å². The van der Waals surface area contributed by atoms with Crippen LogP contribution >= 0.6 is 0 Å². The Morgan fingerprint density at radius 2 is 2.21 bits per heavy atom. The van der Waals surface area contributed by atoms with Gasteiger partial charge in [-0.25, -0.2) is 0 Å². The molecule has 0 bridgehead atoms. The van der Waals surface area contributed by atoms with Gasteiger partial charge in [-0.2, -0.15) is 0 Å². The molecule has 0 aromatic rings. The molecule has 6 heteroatoms. The van der Waals surface area contributed by atoms with Crippen LogP contribution in [-0.4, -0.2) is 40.8 Å². The van der Waals surface area contributed by atoms with Crippen LogP contribution in [0.1, 0.15) is 19.3 Å². The standard InChI is InChI=1S/C8H16BNO4/c11-8(12)6-3-5-10-7(6)2-1-4-9(13)14/h6-7,10,13-14H,1-5H2,(H,11,12). The first kappa shape index (κ1) is 11.5. The molecule has 0 radical (unpaired) electrons. The van der Waals surface area contributed by atoms with Crippen molar-refractivity contribution in [2.45, 2.75) is 31.6 Å². The largest absolute Gasteiger partial charge is 0.481 e. The fraction of sp³-hybridized carbons (Fsp3) is 0.875. The van der Waals surface area contributed by atoms with Gasteiger partial charge in [-0.1, -0.05) is 6.42 Å². The monoisotopic (exact) mass is 201 g/mol. The Bertz CT molecular complexity index is 200. The zero-order valence-electron chi connectivity index (χ0n) is 8.02. The van der Waals surface area contributed by atoms with Crippen molar-refractivity contribution in [2.24, 2.45) is 5.92 Å². The third-order valence-electron chi connectivity index (χ3n) is 2.64.